The largest absolute Gasteiger partial charge is 0.388 e. The van der Waals surface area contributed by atoms with Gasteiger partial charge in [0.2, 0.25) is 5.91 Å². The van der Waals surface area contributed by atoms with Gasteiger partial charge in [-0.2, -0.15) is 0 Å². The van der Waals surface area contributed by atoms with Crippen LogP contribution < -0.4 is 5.32 Å². The van der Waals surface area contributed by atoms with E-state index < -0.39 is 5.60 Å². The first kappa shape index (κ1) is 15.3. The van der Waals surface area contributed by atoms with Crippen molar-refractivity contribution in [1.82, 2.24) is 5.32 Å². The van der Waals surface area contributed by atoms with Crippen LogP contribution in [-0.4, -0.2) is 28.9 Å². The minimum absolute atomic E-state index is 0.0887. The lowest BCUT2D eigenvalue weighted by molar-refractivity contribution is -0.121. The Kier molecular flexibility index (Phi) is 5.43. The summed E-state index contributed by atoms with van der Waals surface area (Å²) in [7, 11) is 0. The first-order valence-corrected chi connectivity index (χ1v) is 7.94. The van der Waals surface area contributed by atoms with Crippen molar-refractivity contribution in [1.29, 1.82) is 0 Å². The average Bonchev–Trinajstić information content (AvgIpc) is 2.86. The molecule has 1 aliphatic rings. The van der Waals surface area contributed by atoms with Gasteiger partial charge in [0.25, 0.3) is 0 Å². The van der Waals surface area contributed by atoms with E-state index in [1.807, 2.05) is 0 Å². The van der Waals surface area contributed by atoms with Crippen molar-refractivity contribution in [2.75, 3.05) is 12.3 Å². The van der Waals surface area contributed by atoms with Crippen LogP contribution in [0.15, 0.2) is 29.2 Å². The number of nitrogens with one attached hydrogen (secondary N) is 1. The Balaban J connectivity index is 1.67. The van der Waals surface area contributed by atoms with Crippen LogP contribution in [0.25, 0.3) is 0 Å². The summed E-state index contributed by atoms with van der Waals surface area (Å²) in [6.07, 6.45) is 3.90. The maximum absolute atomic E-state index is 13.4. The fourth-order valence-corrected chi connectivity index (χ4v) is 3.26. The van der Waals surface area contributed by atoms with E-state index in [1.54, 1.807) is 18.2 Å². The summed E-state index contributed by atoms with van der Waals surface area (Å²) in [5.74, 6) is 0.193. The van der Waals surface area contributed by atoms with Gasteiger partial charge >= 0.3 is 0 Å². The third kappa shape index (κ3) is 4.49. The number of benzene rings is 1. The maximum atomic E-state index is 13.4. The van der Waals surface area contributed by atoms with Gasteiger partial charge in [0.1, 0.15) is 5.82 Å². The summed E-state index contributed by atoms with van der Waals surface area (Å²) in [5.41, 5.74) is -0.714. The van der Waals surface area contributed by atoms with Crippen molar-refractivity contribution in [3.05, 3.63) is 30.1 Å². The summed E-state index contributed by atoms with van der Waals surface area (Å²) in [4.78, 5) is 12.3. The molecule has 3 nitrogen and oxygen atoms in total. The van der Waals surface area contributed by atoms with E-state index in [0.717, 1.165) is 25.7 Å². The number of carbonyl (C=O) groups excluding carboxylic acids is 1. The number of amides is 1. The van der Waals surface area contributed by atoms with Gasteiger partial charge in [-0.3, -0.25) is 4.79 Å². The van der Waals surface area contributed by atoms with E-state index in [4.69, 9.17) is 0 Å². The Labute approximate surface area is 123 Å². The predicted octanol–water partition coefficient (Wildman–Crippen LogP) is 2.73. The lowest BCUT2D eigenvalue weighted by atomic mass is 10.0. The highest BCUT2D eigenvalue weighted by molar-refractivity contribution is 7.99. The van der Waals surface area contributed by atoms with Gasteiger partial charge in [0.05, 0.1) is 5.60 Å². The zero-order chi connectivity index (χ0) is 14.4. The molecule has 2 N–H and O–H groups in total. The van der Waals surface area contributed by atoms with Crippen LogP contribution in [0.1, 0.15) is 32.1 Å². The second-order valence-electron chi connectivity index (χ2n) is 5.24. The molecule has 0 aromatic heterocycles. The van der Waals surface area contributed by atoms with Crippen molar-refractivity contribution >= 4 is 17.7 Å². The van der Waals surface area contributed by atoms with Gasteiger partial charge in [0, 0.05) is 23.6 Å². The molecule has 0 atom stereocenters. The number of rotatable bonds is 6. The first-order chi connectivity index (χ1) is 9.59. The molecule has 1 aromatic carbocycles. The number of carbonyl (C=O) groups is 1. The summed E-state index contributed by atoms with van der Waals surface area (Å²) in [5, 5.41) is 12.9. The monoisotopic (exact) mass is 297 g/mol. The summed E-state index contributed by atoms with van der Waals surface area (Å²) < 4.78 is 13.4. The molecule has 5 heteroatoms. The third-order valence-corrected chi connectivity index (χ3v) is 4.62. The molecule has 2 rings (SSSR count). The van der Waals surface area contributed by atoms with Gasteiger partial charge in [-0.1, -0.05) is 25.0 Å². The second-order valence-corrected chi connectivity index (χ2v) is 6.37. The Morgan fingerprint density at radius 3 is 2.75 bits per heavy atom. The van der Waals surface area contributed by atoms with Gasteiger partial charge < -0.3 is 10.4 Å². The molecule has 110 valence electrons. The van der Waals surface area contributed by atoms with E-state index >= 15 is 0 Å². The number of thioether (sulfide) groups is 1. The molecule has 0 aliphatic heterocycles. The molecule has 1 aliphatic carbocycles. The predicted molar refractivity (Wildman–Crippen MR) is 78.2 cm³/mol. The molecule has 1 saturated carbocycles. The van der Waals surface area contributed by atoms with Crippen molar-refractivity contribution in [3.63, 3.8) is 0 Å². The van der Waals surface area contributed by atoms with E-state index in [1.165, 1.54) is 17.8 Å². The minimum atomic E-state index is -0.714. The highest BCUT2D eigenvalue weighted by Crippen LogP contribution is 2.28. The van der Waals surface area contributed by atoms with Crippen LogP contribution in [0, 0.1) is 5.82 Å². The van der Waals surface area contributed by atoms with Crippen LogP contribution in [0.5, 0.6) is 0 Å². The molecular weight excluding hydrogens is 277 g/mol. The fraction of sp³-hybridized carbons (Fsp3) is 0.533. The zero-order valence-electron chi connectivity index (χ0n) is 11.4. The summed E-state index contributed by atoms with van der Waals surface area (Å²) in [6.45, 7) is 0.330. The Morgan fingerprint density at radius 2 is 2.05 bits per heavy atom. The minimum Gasteiger partial charge on any atom is -0.388 e. The average molecular weight is 297 g/mol. The van der Waals surface area contributed by atoms with Crippen molar-refractivity contribution in [2.24, 2.45) is 0 Å². The van der Waals surface area contributed by atoms with Crippen LogP contribution in [0.4, 0.5) is 4.39 Å². The zero-order valence-corrected chi connectivity index (χ0v) is 12.2. The van der Waals surface area contributed by atoms with Gasteiger partial charge in [-0.25, -0.2) is 4.39 Å². The molecule has 20 heavy (non-hydrogen) atoms. The molecule has 0 radical (unpaired) electrons. The van der Waals surface area contributed by atoms with Crippen LogP contribution in [0.3, 0.4) is 0 Å². The Morgan fingerprint density at radius 1 is 1.35 bits per heavy atom. The summed E-state index contributed by atoms with van der Waals surface area (Å²) >= 11 is 1.33. The smallest absolute Gasteiger partial charge is 0.220 e. The SMILES string of the molecule is O=C(CCSc1ccccc1F)NCC1(O)CCCC1. The van der Waals surface area contributed by atoms with Crippen LogP contribution >= 0.6 is 11.8 Å². The third-order valence-electron chi connectivity index (χ3n) is 3.57. The second kappa shape index (κ2) is 7.09. The standard InChI is InChI=1S/C15H20FNO2S/c16-12-5-1-2-6-13(12)20-10-7-14(18)17-11-15(19)8-3-4-9-15/h1-2,5-6,19H,3-4,7-11H2,(H,17,18). The Bertz CT molecular complexity index is 461. The quantitative estimate of drug-likeness (QED) is 0.794. The van der Waals surface area contributed by atoms with Crippen molar-refractivity contribution in [2.45, 2.75) is 42.6 Å². The molecule has 1 amide bonds. The first-order valence-electron chi connectivity index (χ1n) is 6.95. The highest BCUT2D eigenvalue weighted by Gasteiger charge is 2.31. The van der Waals surface area contributed by atoms with Gasteiger partial charge in [-0.15, -0.1) is 11.8 Å². The van der Waals surface area contributed by atoms with Gasteiger partial charge in [0.15, 0.2) is 0 Å². The summed E-state index contributed by atoms with van der Waals surface area (Å²) in [6, 6.07) is 6.55. The molecular formula is C15H20FNO2S. The molecule has 0 spiro atoms. The molecule has 1 fully saturated rings. The normalized spacial score (nSPS) is 17.1. The van der Waals surface area contributed by atoms with E-state index in [-0.39, 0.29) is 11.7 Å². The van der Waals surface area contributed by atoms with E-state index in [0.29, 0.717) is 23.6 Å². The Hall–Kier alpha value is -1.07. The van der Waals surface area contributed by atoms with E-state index in [2.05, 4.69) is 5.32 Å². The number of hydrogen-bond acceptors (Lipinski definition) is 3. The maximum Gasteiger partial charge on any atom is 0.220 e. The molecule has 0 unspecified atom stereocenters. The highest BCUT2D eigenvalue weighted by atomic mass is 32.2. The lowest BCUT2D eigenvalue weighted by Crippen LogP contribution is -2.40. The topological polar surface area (TPSA) is 49.3 Å². The number of hydrogen-bond donors (Lipinski definition) is 2. The van der Waals surface area contributed by atoms with Crippen LogP contribution in [-0.2, 0) is 4.79 Å². The molecule has 0 saturated heterocycles. The number of aliphatic hydroxyl groups is 1. The number of halogens is 1. The van der Waals surface area contributed by atoms with Crippen molar-refractivity contribution in [3.8, 4) is 0 Å². The van der Waals surface area contributed by atoms with Crippen molar-refractivity contribution < 1.29 is 14.3 Å². The van der Waals surface area contributed by atoms with E-state index in [9.17, 15) is 14.3 Å². The lowest BCUT2D eigenvalue weighted by Gasteiger charge is -2.22. The van der Waals surface area contributed by atoms with Gasteiger partial charge in [-0.05, 0) is 25.0 Å². The van der Waals surface area contributed by atoms with Crippen LogP contribution in [0.2, 0.25) is 0 Å². The fourth-order valence-electron chi connectivity index (χ4n) is 2.38. The molecule has 0 heterocycles. The molecule has 0 bridgehead atoms. The molecule has 1 aromatic rings.